The number of thiophene rings is 1. The van der Waals surface area contributed by atoms with Gasteiger partial charge in [-0.1, -0.05) is 25.5 Å². The van der Waals surface area contributed by atoms with Gasteiger partial charge in [0.25, 0.3) is 0 Å². The lowest BCUT2D eigenvalue weighted by molar-refractivity contribution is -0.142. The number of methoxy groups -OCH3 is 2. The number of anilines is 1. The second-order valence-corrected chi connectivity index (χ2v) is 8.75. The number of aryl methyl sites for hydroxylation is 2. The number of nitrogens with one attached hydrogen (secondary N) is 1. The Bertz CT molecular complexity index is 966. The highest BCUT2D eigenvalue weighted by Crippen LogP contribution is 2.45. The van der Waals surface area contributed by atoms with E-state index in [1.165, 1.54) is 31.1 Å². The SMILES string of the molecule is CCCc1ccc(OCCCC(=O)Nc2sc3c(c2C(=O)OC)C(C(=O)OC)CC3)cc1. The van der Waals surface area contributed by atoms with E-state index in [-0.39, 0.29) is 23.9 Å². The van der Waals surface area contributed by atoms with Crippen molar-refractivity contribution in [2.24, 2.45) is 0 Å². The molecule has 172 valence electrons. The Labute approximate surface area is 192 Å². The lowest BCUT2D eigenvalue weighted by Gasteiger charge is -2.12. The molecular weight excluding hydrogens is 430 g/mol. The zero-order valence-electron chi connectivity index (χ0n) is 18.7. The topological polar surface area (TPSA) is 90.9 Å². The van der Waals surface area contributed by atoms with Crippen LogP contribution in [0.5, 0.6) is 5.75 Å². The Morgan fingerprint density at radius 2 is 1.88 bits per heavy atom. The first-order valence-corrected chi connectivity index (χ1v) is 11.6. The first kappa shape index (κ1) is 23.8. The molecule has 1 N–H and O–H groups in total. The summed E-state index contributed by atoms with van der Waals surface area (Å²) < 4.78 is 15.5. The molecule has 0 bridgehead atoms. The van der Waals surface area contributed by atoms with Crippen LogP contribution in [-0.4, -0.2) is 38.7 Å². The minimum atomic E-state index is -0.566. The summed E-state index contributed by atoms with van der Waals surface area (Å²) in [5.41, 5.74) is 2.16. The van der Waals surface area contributed by atoms with Gasteiger partial charge in [-0.05, 0) is 48.9 Å². The Kier molecular flexibility index (Phi) is 8.27. The fourth-order valence-electron chi connectivity index (χ4n) is 3.89. The van der Waals surface area contributed by atoms with Crippen molar-refractivity contribution in [3.63, 3.8) is 0 Å². The Balaban J connectivity index is 1.58. The summed E-state index contributed by atoms with van der Waals surface area (Å²) in [4.78, 5) is 38.0. The Morgan fingerprint density at radius 3 is 2.53 bits per heavy atom. The minimum absolute atomic E-state index is 0.216. The average Bonchev–Trinajstić information content (AvgIpc) is 3.35. The number of hydrogen-bond acceptors (Lipinski definition) is 7. The third-order valence-electron chi connectivity index (χ3n) is 5.44. The van der Waals surface area contributed by atoms with Crippen LogP contribution in [0, 0.1) is 0 Å². The van der Waals surface area contributed by atoms with Crippen molar-refractivity contribution in [2.75, 3.05) is 26.1 Å². The van der Waals surface area contributed by atoms with Crippen LogP contribution < -0.4 is 10.1 Å². The van der Waals surface area contributed by atoms with Gasteiger partial charge in [0.15, 0.2) is 0 Å². The largest absolute Gasteiger partial charge is 0.494 e. The van der Waals surface area contributed by atoms with Gasteiger partial charge in [0.1, 0.15) is 10.8 Å². The van der Waals surface area contributed by atoms with Crippen molar-refractivity contribution in [3.8, 4) is 5.75 Å². The van der Waals surface area contributed by atoms with E-state index in [4.69, 9.17) is 14.2 Å². The number of hydrogen-bond donors (Lipinski definition) is 1. The van der Waals surface area contributed by atoms with Crippen LogP contribution in [-0.2, 0) is 31.9 Å². The summed E-state index contributed by atoms with van der Waals surface area (Å²) in [7, 11) is 2.61. The molecule has 0 saturated carbocycles. The van der Waals surface area contributed by atoms with Gasteiger partial charge >= 0.3 is 11.9 Å². The van der Waals surface area contributed by atoms with Gasteiger partial charge in [0.05, 0.1) is 32.3 Å². The maximum atomic E-state index is 12.5. The van der Waals surface area contributed by atoms with Crippen LogP contribution in [0.3, 0.4) is 0 Å². The molecule has 0 aliphatic heterocycles. The van der Waals surface area contributed by atoms with E-state index < -0.39 is 11.9 Å². The molecule has 1 atom stereocenters. The van der Waals surface area contributed by atoms with Crippen LogP contribution in [0.4, 0.5) is 5.00 Å². The van der Waals surface area contributed by atoms with E-state index in [2.05, 4.69) is 24.4 Å². The van der Waals surface area contributed by atoms with Gasteiger partial charge < -0.3 is 19.5 Å². The highest BCUT2D eigenvalue weighted by Gasteiger charge is 2.38. The molecule has 7 nitrogen and oxygen atoms in total. The smallest absolute Gasteiger partial charge is 0.341 e. The van der Waals surface area contributed by atoms with Gasteiger partial charge in [-0.15, -0.1) is 11.3 Å². The van der Waals surface area contributed by atoms with Crippen molar-refractivity contribution in [1.29, 1.82) is 0 Å². The third kappa shape index (κ3) is 5.48. The molecular formula is C24H29NO6S. The van der Waals surface area contributed by atoms with Crippen molar-refractivity contribution in [3.05, 3.63) is 45.8 Å². The number of carbonyl (C=O) groups is 3. The van der Waals surface area contributed by atoms with Crippen molar-refractivity contribution in [2.45, 2.75) is 51.4 Å². The van der Waals surface area contributed by atoms with Crippen molar-refractivity contribution >= 4 is 34.2 Å². The fraction of sp³-hybridized carbons (Fsp3) is 0.458. The summed E-state index contributed by atoms with van der Waals surface area (Å²) in [6.07, 6.45) is 4.17. The second kappa shape index (κ2) is 11.1. The predicted octanol–water partition coefficient (Wildman–Crippen LogP) is 4.49. The van der Waals surface area contributed by atoms with Gasteiger partial charge in [0.2, 0.25) is 5.91 Å². The molecule has 3 rings (SSSR count). The summed E-state index contributed by atoms with van der Waals surface area (Å²) in [5, 5.41) is 3.25. The van der Waals surface area contributed by atoms with E-state index in [1.54, 1.807) is 0 Å². The predicted molar refractivity (Wildman–Crippen MR) is 123 cm³/mol. The van der Waals surface area contributed by atoms with Crippen LogP contribution in [0.2, 0.25) is 0 Å². The van der Waals surface area contributed by atoms with Crippen molar-refractivity contribution < 1.29 is 28.6 Å². The Morgan fingerprint density at radius 1 is 1.12 bits per heavy atom. The number of fused-ring (bicyclic) bond motifs is 1. The van der Waals surface area contributed by atoms with E-state index >= 15 is 0 Å². The number of rotatable bonds is 10. The highest BCUT2D eigenvalue weighted by molar-refractivity contribution is 7.17. The molecule has 2 aromatic rings. The molecule has 0 fully saturated rings. The fourth-order valence-corrected chi connectivity index (χ4v) is 5.17. The zero-order valence-corrected chi connectivity index (χ0v) is 19.5. The van der Waals surface area contributed by atoms with Crippen molar-refractivity contribution in [1.82, 2.24) is 0 Å². The van der Waals surface area contributed by atoms with Gasteiger partial charge in [-0.25, -0.2) is 4.79 Å². The molecule has 0 spiro atoms. The molecule has 1 aromatic carbocycles. The van der Waals surface area contributed by atoms with Gasteiger partial charge in [-0.2, -0.15) is 0 Å². The molecule has 8 heteroatoms. The van der Waals surface area contributed by atoms with E-state index in [0.29, 0.717) is 36.4 Å². The molecule has 32 heavy (non-hydrogen) atoms. The number of amides is 1. The number of benzene rings is 1. The number of esters is 2. The van der Waals surface area contributed by atoms with Crippen LogP contribution in [0.15, 0.2) is 24.3 Å². The molecule has 1 heterocycles. The quantitative estimate of drug-likeness (QED) is 0.416. The Hall–Kier alpha value is -2.87. The van der Waals surface area contributed by atoms with Crippen LogP contribution >= 0.6 is 11.3 Å². The average molecular weight is 460 g/mol. The zero-order chi connectivity index (χ0) is 23.1. The molecule has 1 aliphatic carbocycles. The molecule has 1 aliphatic rings. The lowest BCUT2D eigenvalue weighted by atomic mass is 9.99. The van der Waals surface area contributed by atoms with E-state index in [9.17, 15) is 14.4 Å². The normalized spacial score (nSPS) is 14.5. The minimum Gasteiger partial charge on any atom is -0.494 e. The first-order valence-electron chi connectivity index (χ1n) is 10.8. The molecule has 1 unspecified atom stereocenters. The van der Waals surface area contributed by atoms with Gasteiger partial charge in [0, 0.05) is 11.3 Å². The standard InChI is InChI=1S/C24H29NO6S/c1-4-6-15-8-10-16(11-9-15)31-14-5-7-19(26)25-22-21(24(28)30-3)20-17(23(27)29-2)12-13-18(20)32-22/h8-11,17H,4-7,12-14H2,1-3H3,(H,25,26). The van der Waals surface area contributed by atoms with E-state index in [1.807, 2.05) is 12.1 Å². The maximum absolute atomic E-state index is 12.5. The van der Waals surface area contributed by atoms with Gasteiger partial charge in [-0.3, -0.25) is 9.59 Å². The summed E-state index contributed by atoms with van der Waals surface area (Å²) in [5.74, 6) is -0.899. The first-order chi connectivity index (χ1) is 15.5. The van der Waals surface area contributed by atoms with Crippen LogP contribution in [0.25, 0.3) is 0 Å². The van der Waals surface area contributed by atoms with Crippen LogP contribution in [0.1, 0.15) is 64.9 Å². The highest BCUT2D eigenvalue weighted by atomic mass is 32.1. The summed E-state index contributed by atoms with van der Waals surface area (Å²) in [6, 6.07) is 7.99. The molecule has 1 aromatic heterocycles. The molecule has 1 amide bonds. The van der Waals surface area contributed by atoms with E-state index in [0.717, 1.165) is 23.5 Å². The number of ether oxygens (including phenoxy) is 3. The summed E-state index contributed by atoms with van der Waals surface area (Å²) in [6.45, 7) is 2.56. The molecule has 0 saturated heterocycles. The number of carbonyl (C=O) groups excluding carboxylic acids is 3. The second-order valence-electron chi connectivity index (χ2n) is 7.64. The monoisotopic (exact) mass is 459 g/mol. The third-order valence-corrected chi connectivity index (χ3v) is 6.62. The maximum Gasteiger partial charge on any atom is 0.341 e. The summed E-state index contributed by atoms with van der Waals surface area (Å²) >= 11 is 1.32. The molecule has 0 radical (unpaired) electrons. The lowest BCUT2D eigenvalue weighted by Crippen LogP contribution is -2.18.